The molecule has 0 aromatic carbocycles. The van der Waals surface area contributed by atoms with E-state index in [0.717, 1.165) is 0 Å². The Labute approximate surface area is 26.7 Å². The van der Waals surface area contributed by atoms with E-state index in [1.54, 1.807) is 6.92 Å². The molecule has 0 bridgehead atoms. The molecule has 0 aliphatic rings. The fourth-order valence-corrected chi connectivity index (χ4v) is 0. The third kappa shape index (κ3) is 1.73. The molecule has 0 spiro atoms. The van der Waals surface area contributed by atoms with Crippen LogP contribution in [0.4, 0.5) is 0 Å². The fourth-order valence-electron chi connectivity index (χ4n) is 0. The molecular formula is C2H6BN. The molecule has 1 nitrogen and oxygen atoms in total. The van der Waals surface area contributed by atoms with Gasteiger partial charge in [0, 0.05) is 0 Å². The van der Waals surface area contributed by atoms with E-state index in [2.05, 4.69) is 0 Å². The second-order valence-corrected chi connectivity index (χ2v) is 0.526. The van der Waals surface area contributed by atoms with Crippen molar-refractivity contribution >= 4 is 13.0 Å². The summed E-state index contributed by atoms with van der Waals surface area (Å²) in [4.78, 5) is 0. The second kappa shape index (κ2) is 2.73. The summed E-state index contributed by atoms with van der Waals surface area (Å²) < 4.78 is 0. The van der Waals surface area contributed by atoms with Gasteiger partial charge >= 0.3 is 25.6 Å². The Morgan fingerprint density at radius 2 is 2.25 bits per heavy atom. The summed E-state index contributed by atoms with van der Waals surface area (Å²) in [5.41, 5.74) is 4.85. The molecular weight excluding hydrogens is 48.8 g/mol. The molecule has 0 radical (unpaired) electrons. The van der Waals surface area contributed by atoms with Crippen LogP contribution in [-0.2, 0) is 0 Å². The first-order valence-electron chi connectivity index (χ1n) is 1.24. The van der Waals surface area contributed by atoms with Crippen molar-refractivity contribution in [2.45, 2.75) is 6.82 Å². The first-order valence-corrected chi connectivity index (χ1v) is 1.24. The van der Waals surface area contributed by atoms with Crippen molar-refractivity contribution in [1.29, 1.82) is 0 Å². The molecule has 0 amide bonds. The summed E-state index contributed by atoms with van der Waals surface area (Å²) >= 11 is 0. The molecule has 0 aromatic heterocycles. The molecule has 2 heteroatoms. The van der Waals surface area contributed by atoms with Crippen LogP contribution in [0.25, 0.3) is 0 Å². The van der Waals surface area contributed by atoms with Crippen LogP contribution in [0.15, 0.2) is 0 Å². The number of hydrogen-bond acceptors (Lipinski definition) is 1. The Balaban J connectivity index is 2.55. The van der Waals surface area contributed by atoms with Crippen molar-refractivity contribution in [2.75, 3.05) is 0 Å². The number of nitrogens with two attached hydrogens (primary N) is 1. The van der Waals surface area contributed by atoms with Gasteiger partial charge < -0.3 is 0 Å². The molecule has 4 heavy (non-hydrogen) atoms. The predicted molar refractivity (Wildman–Crippen MR) is 21.9 cm³/mol. The van der Waals surface area contributed by atoms with Gasteiger partial charge in [0.2, 0.25) is 0 Å². The summed E-state index contributed by atoms with van der Waals surface area (Å²) in [6.07, 6.45) is 1.50. The van der Waals surface area contributed by atoms with Gasteiger partial charge in [-0.15, -0.1) is 0 Å². The Bertz CT molecular complexity index is 21.2. The molecule has 0 heterocycles. The van der Waals surface area contributed by atoms with Gasteiger partial charge in [-0.2, -0.15) is 0 Å². The van der Waals surface area contributed by atoms with Crippen molar-refractivity contribution < 1.29 is 0 Å². The van der Waals surface area contributed by atoms with Crippen LogP contribution in [-0.4, -0.2) is 13.0 Å². The van der Waals surface area contributed by atoms with Gasteiger partial charge in [-0.1, -0.05) is 0 Å². The topological polar surface area (TPSA) is 26.0 Å². The van der Waals surface area contributed by atoms with Crippen LogP contribution >= 0.6 is 0 Å². The van der Waals surface area contributed by atoms with E-state index in [1.165, 1.54) is 6.09 Å². The third-order valence-electron chi connectivity index (χ3n) is 0.192. The first-order chi connectivity index (χ1) is 1.91. The van der Waals surface area contributed by atoms with Crippen LogP contribution < -0.4 is 5.73 Å². The third-order valence-corrected chi connectivity index (χ3v) is 0.192. The Kier molecular flexibility index (Phi) is 2.55. The van der Waals surface area contributed by atoms with Crippen LogP contribution in [0.1, 0.15) is 0 Å². The van der Waals surface area contributed by atoms with Gasteiger partial charge in [0.15, 0.2) is 0 Å². The normalized spacial score (nSPS) is 7.25. The van der Waals surface area contributed by atoms with Crippen molar-refractivity contribution in [2.24, 2.45) is 5.73 Å². The van der Waals surface area contributed by atoms with Gasteiger partial charge in [0.25, 0.3) is 0 Å². The van der Waals surface area contributed by atoms with Crippen LogP contribution in [0.5, 0.6) is 0 Å². The summed E-state index contributed by atoms with van der Waals surface area (Å²) in [6.45, 7) is 3.65. The molecule has 0 rings (SSSR count). The summed E-state index contributed by atoms with van der Waals surface area (Å²) in [5, 5.41) is 0. The van der Waals surface area contributed by atoms with E-state index < -0.39 is 0 Å². The minimum atomic E-state index is 1.50. The molecule has 0 aliphatic carbocycles. The van der Waals surface area contributed by atoms with Crippen molar-refractivity contribution in [1.82, 2.24) is 0 Å². The predicted octanol–water partition coefficient (Wildman–Crippen LogP) is -0.543. The van der Waals surface area contributed by atoms with Gasteiger partial charge in [0.05, 0.1) is 0 Å². The minimum absolute atomic E-state index is 1.50. The molecule has 0 aliphatic heterocycles. The molecule has 0 saturated heterocycles. The van der Waals surface area contributed by atoms with Gasteiger partial charge in [-0.3, -0.25) is 0 Å². The van der Waals surface area contributed by atoms with E-state index in [9.17, 15) is 0 Å². The molecule has 0 saturated carbocycles. The van der Waals surface area contributed by atoms with E-state index in [1.807, 2.05) is 6.82 Å². The fraction of sp³-hybridized carbons (Fsp3) is 0.500. The van der Waals surface area contributed by atoms with Crippen molar-refractivity contribution in [3.05, 3.63) is 0 Å². The van der Waals surface area contributed by atoms with Gasteiger partial charge in [-0.25, -0.2) is 0 Å². The Hall–Kier alpha value is -0.265. The second-order valence-electron chi connectivity index (χ2n) is 0.526. The molecule has 0 unspecified atom stereocenters. The summed E-state index contributed by atoms with van der Waals surface area (Å²) in [5.74, 6) is 0. The van der Waals surface area contributed by atoms with Crippen molar-refractivity contribution in [3.8, 4) is 0 Å². The quantitative estimate of drug-likeness (QED) is 0.370. The number of rotatable bonds is 0. The zero-order chi connectivity index (χ0) is 3.41. The maximum absolute atomic E-state index is 4.85. The van der Waals surface area contributed by atoms with Gasteiger partial charge in [-0.05, 0) is 0 Å². The SMILES string of the molecule is CB=CN. The molecule has 0 atom stereocenters. The molecule has 22 valence electrons. The standard InChI is InChI=1S/C2H6BN/c1-3-2-4/h2H,4H2,1H3. The molecule has 0 fully saturated rings. The van der Waals surface area contributed by atoms with E-state index in [0.29, 0.717) is 0 Å². The van der Waals surface area contributed by atoms with E-state index in [-0.39, 0.29) is 0 Å². The van der Waals surface area contributed by atoms with Crippen LogP contribution in [0.3, 0.4) is 0 Å². The summed E-state index contributed by atoms with van der Waals surface area (Å²) in [6, 6.07) is 0. The average Bonchev–Trinajstić information content (AvgIpc) is 1.37. The zero-order valence-electron chi connectivity index (χ0n) is 2.73. The monoisotopic (exact) mass is 55.1 g/mol. The number of hydrogen-bond donors (Lipinski definition) is 1. The average molecular weight is 54.9 g/mol. The zero-order valence-corrected chi connectivity index (χ0v) is 2.73. The van der Waals surface area contributed by atoms with Crippen LogP contribution in [0.2, 0.25) is 6.82 Å². The van der Waals surface area contributed by atoms with Gasteiger partial charge in [0.1, 0.15) is 0 Å². The van der Waals surface area contributed by atoms with E-state index >= 15 is 0 Å². The first kappa shape index (κ1) is 3.73. The van der Waals surface area contributed by atoms with Crippen molar-refractivity contribution in [3.63, 3.8) is 0 Å². The van der Waals surface area contributed by atoms with Crippen LogP contribution in [0, 0.1) is 0 Å². The maximum atomic E-state index is 4.85. The molecule has 0 aromatic rings. The Morgan fingerprint density at radius 1 is 2.00 bits per heavy atom. The van der Waals surface area contributed by atoms with E-state index in [4.69, 9.17) is 5.73 Å². The molecule has 2 N–H and O–H groups in total. The summed E-state index contributed by atoms with van der Waals surface area (Å²) in [7, 11) is 0. The Morgan fingerprint density at radius 3 is 2.25 bits per heavy atom.